The first kappa shape index (κ1) is 20.4. The molecule has 3 rings (SSSR count). The number of hydrogen-bond donors (Lipinski definition) is 1. The third-order valence-corrected chi connectivity index (χ3v) is 6.18. The first-order valence-electron chi connectivity index (χ1n) is 8.77. The first-order chi connectivity index (χ1) is 13.4. The highest BCUT2D eigenvalue weighted by atomic mass is 32.2. The van der Waals surface area contributed by atoms with E-state index >= 15 is 0 Å². The van der Waals surface area contributed by atoms with E-state index in [1.165, 1.54) is 13.2 Å². The highest BCUT2D eigenvalue weighted by Gasteiger charge is 2.09. The summed E-state index contributed by atoms with van der Waals surface area (Å²) in [6.45, 7) is 3.94. The third kappa shape index (κ3) is 5.33. The number of benzene rings is 2. The summed E-state index contributed by atoms with van der Waals surface area (Å²) >= 11 is 3.23. The fourth-order valence-electron chi connectivity index (χ4n) is 2.66. The van der Waals surface area contributed by atoms with Crippen LogP contribution in [0.4, 0.5) is 10.1 Å². The van der Waals surface area contributed by atoms with Crippen molar-refractivity contribution in [1.82, 2.24) is 4.98 Å². The number of aryl methyl sites for hydroxylation is 3. The molecule has 3 aromatic rings. The lowest BCUT2D eigenvalue weighted by Crippen LogP contribution is -2.13. The average molecular weight is 417 g/mol. The fraction of sp³-hybridized carbons (Fsp3) is 0.238. The molecule has 146 valence electrons. The number of aromatic nitrogens is 1. The molecule has 1 aromatic heterocycles. The minimum Gasteiger partial charge on any atom is -0.494 e. The van der Waals surface area contributed by atoms with Crippen LogP contribution in [0.25, 0.3) is 0 Å². The molecule has 1 N–H and O–H groups in total. The zero-order valence-corrected chi connectivity index (χ0v) is 17.5. The molecule has 0 aliphatic carbocycles. The van der Waals surface area contributed by atoms with Crippen LogP contribution in [-0.2, 0) is 11.2 Å². The maximum absolute atomic E-state index is 13.7. The van der Waals surface area contributed by atoms with Crippen molar-refractivity contribution in [1.29, 1.82) is 0 Å². The number of hydrogen-bond acceptors (Lipinski definition) is 5. The van der Waals surface area contributed by atoms with Crippen molar-refractivity contribution in [3.63, 3.8) is 0 Å². The molecule has 0 atom stereocenters. The third-order valence-electron chi connectivity index (χ3n) is 4.13. The van der Waals surface area contributed by atoms with Crippen LogP contribution in [0.5, 0.6) is 5.75 Å². The summed E-state index contributed by atoms with van der Waals surface area (Å²) in [6.07, 6.45) is 0.739. The summed E-state index contributed by atoms with van der Waals surface area (Å²) < 4.78 is 19.6. The smallest absolute Gasteiger partial charge is 0.224 e. The number of methoxy groups -OCH3 is 1. The van der Waals surface area contributed by atoms with Crippen molar-refractivity contribution in [2.75, 3.05) is 12.4 Å². The summed E-state index contributed by atoms with van der Waals surface area (Å²) in [4.78, 5) is 17.8. The Morgan fingerprint density at radius 2 is 2.07 bits per heavy atom. The number of nitrogens with one attached hydrogen (secondary N) is 1. The standard InChI is InChI=1S/C21H21FN2O2S2/c1-13-10-16(28-21-23-14(2)12-27-21)6-7-18(13)24-20(25)9-5-15-4-8-19(26-3)17(22)11-15/h4,6-8,10-12H,5,9H2,1-3H3,(H,24,25). The van der Waals surface area contributed by atoms with Crippen LogP contribution < -0.4 is 10.1 Å². The van der Waals surface area contributed by atoms with Crippen LogP contribution in [0.3, 0.4) is 0 Å². The molecule has 0 spiro atoms. The maximum atomic E-state index is 13.7. The Kier molecular flexibility index (Phi) is 6.70. The molecule has 0 saturated carbocycles. The van der Waals surface area contributed by atoms with Gasteiger partial charge in [-0.05, 0) is 61.7 Å². The van der Waals surface area contributed by atoms with Crippen LogP contribution in [0.2, 0.25) is 0 Å². The normalized spacial score (nSPS) is 10.7. The van der Waals surface area contributed by atoms with Gasteiger partial charge in [0.05, 0.1) is 7.11 Å². The molecule has 0 aliphatic heterocycles. The Labute approximate surface area is 172 Å². The minimum atomic E-state index is -0.417. The number of halogens is 1. The van der Waals surface area contributed by atoms with Crippen LogP contribution in [0.1, 0.15) is 23.2 Å². The molecular weight excluding hydrogens is 395 g/mol. The van der Waals surface area contributed by atoms with E-state index in [4.69, 9.17) is 4.74 Å². The van der Waals surface area contributed by atoms with E-state index in [1.54, 1.807) is 35.2 Å². The number of ether oxygens (including phenoxy) is 1. The lowest BCUT2D eigenvalue weighted by Gasteiger charge is -2.10. The second-order valence-electron chi connectivity index (χ2n) is 6.35. The number of rotatable bonds is 7. The molecule has 0 bridgehead atoms. The SMILES string of the molecule is COc1ccc(CCC(=O)Nc2ccc(Sc3nc(C)cs3)cc2C)cc1F. The predicted molar refractivity (Wildman–Crippen MR) is 112 cm³/mol. The van der Waals surface area contributed by atoms with Gasteiger partial charge >= 0.3 is 0 Å². The van der Waals surface area contributed by atoms with E-state index in [1.807, 2.05) is 37.4 Å². The molecule has 0 saturated heterocycles. The van der Waals surface area contributed by atoms with E-state index in [-0.39, 0.29) is 18.1 Å². The van der Waals surface area contributed by atoms with Gasteiger partial charge in [0.1, 0.15) is 0 Å². The summed E-state index contributed by atoms with van der Waals surface area (Å²) in [5.74, 6) is -0.315. The van der Waals surface area contributed by atoms with Gasteiger partial charge in [0.2, 0.25) is 5.91 Å². The number of carbonyl (C=O) groups is 1. The molecule has 2 aromatic carbocycles. The largest absolute Gasteiger partial charge is 0.494 e. The highest BCUT2D eigenvalue weighted by Crippen LogP contribution is 2.32. The van der Waals surface area contributed by atoms with Gasteiger partial charge in [-0.25, -0.2) is 9.37 Å². The van der Waals surface area contributed by atoms with Crippen LogP contribution in [0.15, 0.2) is 51.0 Å². The van der Waals surface area contributed by atoms with Gasteiger partial charge in [-0.2, -0.15) is 0 Å². The van der Waals surface area contributed by atoms with Gasteiger partial charge in [0.25, 0.3) is 0 Å². The summed E-state index contributed by atoms with van der Waals surface area (Å²) in [5.41, 5.74) is 3.55. The van der Waals surface area contributed by atoms with Gasteiger partial charge in [-0.1, -0.05) is 17.8 Å². The average Bonchev–Trinajstić information content (AvgIpc) is 3.07. The molecule has 7 heteroatoms. The molecule has 4 nitrogen and oxygen atoms in total. The van der Waals surface area contributed by atoms with Crippen LogP contribution in [-0.4, -0.2) is 18.0 Å². The van der Waals surface area contributed by atoms with Crippen molar-refractivity contribution in [3.8, 4) is 5.75 Å². The van der Waals surface area contributed by atoms with E-state index in [0.29, 0.717) is 6.42 Å². The Balaban J connectivity index is 1.57. The Hall–Kier alpha value is -2.38. The monoisotopic (exact) mass is 416 g/mol. The quantitative estimate of drug-likeness (QED) is 0.542. The Bertz CT molecular complexity index is 988. The van der Waals surface area contributed by atoms with E-state index in [0.717, 1.165) is 31.7 Å². The highest BCUT2D eigenvalue weighted by molar-refractivity contribution is 8.01. The summed E-state index contributed by atoms with van der Waals surface area (Å²) in [6, 6.07) is 10.7. The number of nitrogens with zero attached hydrogens (tertiary/aromatic N) is 1. The van der Waals surface area contributed by atoms with Gasteiger partial charge in [0, 0.05) is 28.1 Å². The zero-order chi connectivity index (χ0) is 20.1. The molecule has 1 heterocycles. The predicted octanol–water partition coefficient (Wildman–Crippen LogP) is 5.63. The van der Waals surface area contributed by atoms with E-state index < -0.39 is 5.82 Å². The number of thiazole rings is 1. The maximum Gasteiger partial charge on any atom is 0.224 e. The van der Waals surface area contributed by atoms with Crippen LogP contribution >= 0.6 is 23.1 Å². The number of anilines is 1. The molecule has 0 unspecified atom stereocenters. The molecule has 1 amide bonds. The van der Waals surface area contributed by atoms with Crippen molar-refractivity contribution in [2.24, 2.45) is 0 Å². The zero-order valence-electron chi connectivity index (χ0n) is 15.9. The van der Waals surface area contributed by atoms with Gasteiger partial charge < -0.3 is 10.1 Å². The lowest BCUT2D eigenvalue weighted by atomic mass is 10.1. The summed E-state index contributed by atoms with van der Waals surface area (Å²) in [5, 5.41) is 4.96. The van der Waals surface area contributed by atoms with Crippen molar-refractivity contribution < 1.29 is 13.9 Å². The molecule has 0 radical (unpaired) electrons. The lowest BCUT2D eigenvalue weighted by molar-refractivity contribution is -0.116. The first-order valence-corrected chi connectivity index (χ1v) is 10.5. The minimum absolute atomic E-state index is 0.102. The molecule has 28 heavy (non-hydrogen) atoms. The second kappa shape index (κ2) is 9.21. The van der Waals surface area contributed by atoms with Gasteiger partial charge in [-0.15, -0.1) is 11.3 Å². The van der Waals surface area contributed by atoms with Crippen molar-refractivity contribution in [3.05, 3.63) is 64.4 Å². The van der Waals surface area contributed by atoms with Gasteiger partial charge in [0.15, 0.2) is 15.9 Å². The molecular formula is C21H21FN2O2S2. The van der Waals surface area contributed by atoms with Crippen molar-refractivity contribution >= 4 is 34.7 Å². The topological polar surface area (TPSA) is 51.2 Å². The second-order valence-corrected chi connectivity index (χ2v) is 8.53. The number of amides is 1. The fourth-order valence-corrected chi connectivity index (χ4v) is 4.57. The van der Waals surface area contributed by atoms with E-state index in [9.17, 15) is 9.18 Å². The van der Waals surface area contributed by atoms with Crippen molar-refractivity contribution in [2.45, 2.75) is 35.9 Å². The molecule has 0 aliphatic rings. The number of carbonyl (C=O) groups excluding carboxylic acids is 1. The Morgan fingerprint density at radius 1 is 1.25 bits per heavy atom. The van der Waals surface area contributed by atoms with Gasteiger partial charge in [-0.3, -0.25) is 4.79 Å². The summed E-state index contributed by atoms with van der Waals surface area (Å²) in [7, 11) is 1.43. The Morgan fingerprint density at radius 3 is 2.71 bits per heavy atom. The molecule has 0 fully saturated rings. The van der Waals surface area contributed by atoms with E-state index in [2.05, 4.69) is 10.3 Å². The van der Waals surface area contributed by atoms with Crippen LogP contribution in [0, 0.1) is 19.7 Å².